The van der Waals surface area contributed by atoms with Crippen LogP contribution in [0.3, 0.4) is 0 Å². The molecule has 2 aromatic rings. The van der Waals surface area contributed by atoms with E-state index >= 15 is 0 Å². The molecular formula is C16H21N3O. The van der Waals surface area contributed by atoms with Gasteiger partial charge in [0.15, 0.2) is 0 Å². The molecule has 0 atom stereocenters. The number of aromatic nitrogens is 1. The van der Waals surface area contributed by atoms with Gasteiger partial charge in [-0.2, -0.15) is 4.98 Å². The van der Waals surface area contributed by atoms with Crippen LogP contribution in [0, 0.1) is 6.92 Å². The van der Waals surface area contributed by atoms with Crippen LogP contribution < -0.4 is 15.4 Å². The molecule has 1 heterocycles. The Morgan fingerprint density at radius 1 is 1.15 bits per heavy atom. The van der Waals surface area contributed by atoms with Gasteiger partial charge in [-0.3, -0.25) is 0 Å². The molecule has 0 bridgehead atoms. The highest BCUT2D eigenvalue weighted by Gasteiger charge is 2.09. The third kappa shape index (κ3) is 3.71. The molecule has 4 heteroatoms. The number of hydrogen-bond donors (Lipinski definition) is 1. The average Bonchev–Trinajstić information content (AvgIpc) is 2.47. The molecule has 0 spiro atoms. The number of rotatable bonds is 6. The topological polar surface area (TPSA) is 51.4 Å². The van der Waals surface area contributed by atoms with Crippen LogP contribution in [0.5, 0.6) is 5.88 Å². The molecule has 0 fully saturated rings. The highest BCUT2D eigenvalue weighted by molar-refractivity contribution is 5.48. The fourth-order valence-corrected chi connectivity index (χ4v) is 2.06. The molecule has 4 nitrogen and oxygen atoms in total. The molecule has 0 unspecified atom stereocenters. The molecule has 2 N–H and O–H groups in total. The van der Waals surface area contributed by atoms with Crippen molar-refractivity contribution in [1.82, 2.24) is 4.98 Å². The lowest BCUT2D eigenvalue weighted by Crippen LogP contribution is -2.19. The molecule has 0 saturated heterocycles. The van der Waals surface area contributed by atoms with Crippen molar-refractivity contribution >= 4 is 5.82 Å². The van der Waals surface area contributed by atoms with Crippen molar-refractivity contribution in [3.8, 4) is 5.88 Å². The first-order valence-corrected chi connectivity index (χ1v) is 6.76. The van der Waals surface area contributed by atoms with E-state index in [9.17, 15) is 0 Å². The highest BCUT2D eigenvalue weighted by Crippen LogP contribution is 2.21. The fourth-order valence-electron chi connectivity index (χ4n) is 2.06. The summed E-state index contributed by atoms with van der Waals surface area (Å²) in [5, 5.41) is 0. The van der Waals surface area contributed by atoms with Gasteiger partial charge in [0.25, 0.3) is 0 Å². The Hall–Kier alpha value is -2.07. The fraction of sp³-hybridized carbons (Fsp3) is 0.312. The number of benzene rings is 1. The van der Waals surface area contributed by atoms with Crippen molar-refractivity contribution < 1.29 is 4.74 Å². The van der Waals surface area contributed by atoms with E-state index in [1.807, 2.05) is 37.4 Å². The number of anilines is 1. The third-order valence-corrected chi connectivity index (χ3v) is 3.04. The molecule has 0 radical (unpaired) electrons. The number of ether oxygens (including phenoxy) is 1. The molecule has 2 rings (SSSR count). The normalized spacial score (nSPS) is 10.3. The standard InChI is InChI=1S/C16H21N3O/c1-13-8-9-15(20-11-10-17)18-16(13)19(2)12-14-6-4-3-5-7-14/h3-9H,10-12,17H2,1-2H3. The largest absolute Gasteiger partial charge is 0.476 e. The molecule has 0 amide bonds. The first kappa shape index (κ1) is 14.3. The van der Waals surface area contributed by atoms with E-state index in [0.717, 1.165) is 17.9 Å². The summed E-state index contributed by atoms with van der Waals surface area (Å²) in [6.07, 6.45) is 0. The zero-order chi connectivity index (χ0) is 14.4. The molecule has 0 aliphatic rings. The Morgan fingerprint density at radius 3 is 2.60 bits per heavy atom. The Labute approximate surface area is 120 Å². The first-order valence-electron chi connectivity index (χ1n) is 6.76. The summed E-state index contributed by atoms with van der Waals surface area (Å²) < 4.78 is 5.49. The summed E-state index contributed by atoms with van der Waals surface area (Å²) in [5.74, 6) is 1.55. The minimum absolute atomic E-state index is 0.484. The van der Waals surface area contributed by atoms with Crippen molar-refractivity contribution in [2.24, 2.45) is 5.73 Å². The molecule has 106 valence electrons. The maximum atomic E-state index is 5.49. The van der Waals surface area contributed by atoms with Crippen LogP contribution in [0.25, 0.3) is 0 Å². The van der Waals surface area contributed by atoms with E-state index in [1.54, 1.807) is 0 Å². The van der Waals surface area contributed by atoms with Crippen LogP contribution in [0.1, 0.15) is 11.1 Å². The van der Waals surface area contributed by atoms with Crippen molar-refractivity contribution in [3.63, 3.8) is 0 Å². The average molecular weight is 271 g/mol. The van der Waals surface area contributed by atoms with Gasteiger partial charge in [0, 0.05) is 26.2 Å². The van der Waals surface area contributed by atoms with Gasteiger partial charge in [-0.1, -0.05) is 36.4 Å². The van der Waals surface area contributed by atoms with Crippen LogP contribution in [0.4, 0.5) is 5.82 Å². The molecule has 20 heavy (non-hydrogen) atoms. The monoisotopic (exact) mass is 271 g/mol. The van der Waals surface area contributed by atoms with Crippen LogP contribution in [0.15, 0.2) is 42.5 Å². The Balaban J connectivity index is 2.13. The lowest BCUT2D eigenvalue weighted by molar-refractivity contribution is 0.315. The van der Waals surface area contributed by atoms with E-state index in [4.69, 9.17) is 10.5 Å². The summed E-state index contributed by atoms with van der Waals surface area (Å²) in [5.41, 5.74) is 7.83. The van der Waals surface area contributed by atoms with Gasteiger partial charge in [0.2, 0.25) is 5.88 Å². The van der Waals surface area contributed by atoms with E-state index in [-0.39, 0.29) is 0 Å². The van der Waals surface area contributed by atoms with Crippen molar-refractivity contribution in [3.05, 3.63) is 53.6 Å². The second-order valence-corrected chi connectivity index (χ2v) is 4.77. The smallest absolute Gasteiger partial charge is 0.215 e. The minimum Gasteiger partial charge on any atom is -0.476 e. The molecule has 0 aliphatic heterocycles. The molecule has 1 aromatic carbocycles. The summed E-state index contributed by atoms with van der Waals surface area (Å²) >= 11 is 0. The third-order valence-electron chi connectivity index (χ3n) is 3.04. The van der Waals surface area contributed by atoms with E-state index < -0.39 is 0 Å². The predicted molar refractivity (Wildman–Crippen MR) is 82.1 cm³/mol. The molecule has 1 aromatic heterocycles. The quantitative estimate of drug-likeness (QED) is 0.876. The van der Waals surface area contributed by atoms with Crippen molar-refractivity contribution in [1.29, 1.82) is 0 Å². The Morgan fingerprint density at radius 2 is 1.90 bits per heavy atom. The number of aryl methyl sites for hydroxylation is 1. The lowest BCUT2D eigenvalue weighted by Gasteiger charge is -2.21. The van der Waals surface area contributed by atoms with Crippen molar-refractivity contribution in [2.75, 3.05) is 25.1 Å². The second kappa shape index (κ2) is 6.91. The maximum absolute atomic E-state index is 5.49. The van der Waals surface area contributed by atoms with Crippen LogP contribution in [0.2, 0.25) is 0 Å². The van der Waals surface area contributed by atoms with Crippen LogP contribution in [-0.4, -0.2) is 25.2 Å². The number of nitrogens with zero attached hydrogens (tertiary/aromatic N) is 2. The lowest BCUT2D eigenvalue weighted by atomic mass is 10.2. The van der Waals surface area contributed by atoms with Gasteiger partial charge in [-0.25, -0.2) is 0 Å². The number of pyridine rings is 1. The predicted octanol–water partition coefficient (Wildman–Crippen LogP) is 2.36. The molecule has 0 aliphatic carbocycles. The van der Waals surface area contributed by atoms with Crippen LogP contribution >= 0.6 is 0 Å². The van der Waals surface area contributed by atoms with Gasteiger partial charge in [0.1, 0.15) is 12.4 Å². The summed E-state index contributed by atoms with van der Waals surface area (Å²) in [6, 6.07) is 14.2. The minimum atomic E-state index is 0.484. The second-order valence-electron chi connectivity index (χ2n) is 4.77. The highest BCUT2D eigenvalue weighted by atomic mass is 16.5. The SMILES string of the molecule is Cc1ccc(OCCN)nc1N(C)Cc1ccccc1. The van der Waals surface area contributed by atoms with E-state index in [2.05, 4.69) is 28.9 Å². The van der Waals surface area contributed by atoms with Gasteiger partial charge in [-0.15, -0.1) is 0 Å². The maximum Gasteiger partial charge on any atom is 0.215 e. The number of hydrogen-bond acceptors (Lipinski definition) is 4. The zero-order valence-corrected chi connectivity index (χ0v) is 12.0. The summed E-state index contributed by atoms with van der Waals surface area (Å²) in [6.45, 7) is 3.84. The van der Waals surface area contributed by atoms with Crippen LogP contribution in [-0.2, 0) is 6.54 Å². The summed E-state index contributed by atoms with van der Waals surface area (Å²) in [4.78, 5) is 6.68. The number of nitrogens with two attached hydrogens (primary N) is 1. The molecular weight excluding hydrogens is 250 g/mol. The van der Waals surface area contributed by atoms with Gasteiger partial charge < -0.3 is 15.4 Å². The first-order chi connectivity index (χ1) is 9.70. The van der Waals surface area contributed by atoms with Gasteiger partial charge in [0.05, 0.1) is 0 Å². The van der Waals surface area contributed by atoms with E-state index in [0.29, 0.717) is 19.0 Å². The van der Waals surface area contributed by atoms with Gasteiger partial charge in [-0.05, 0) is 18.1 Å². The summed E-state index contributed by atoms with van der Waals surface area (Å²) in [7, 11) is 2.04. The Bertz CT molecular complexity index is 543. The molecule has 0 saturated carbocycles. The Kier molecular flexibility index (Phi) is 4.96. The zero-order valence-electron chi connectivity index (χ0n) is 12.0. The van der Waals surface area contributed by atoms with Gasteiger partial charge >= 0.3 is 0 Å². The van der Waals surface area contributed by atoms with Crippen molar-refractivity contribution in [2.45, 2.75) is 13.5 Å². The van der Waals surface area contributed by atoms with E-state index in [1.165, 1.54) is 5.56 Å².